The molecule has 0 aliphatic carbocycles. The molecule has 4 heteroatoms. The SMILES string of the molecule is Cc1ccc(N2CCCC2)cc1.NCCNCc1ccc(N2CCCC2)cc1. The Hall–Kier alpha value is -2.04. The Bertz CT molecular complexity index is 669. The third-order valence-electron chi connectivity index (χ3n) is 5.56. The second-order valence-electron chi connectivity index (χ2n) is 7.86. The zero-order chi connectivity index (χ0) is 19.6. The molecule has 4 nitrogen and oxygen atoms in total. The molecule has 2 saturated heterocycles. The van der Waals surface area contributed by atoms with E-state index in [2.05, 4.69) is 70.6 Å². The topological polar surface area (TPSA) is 44.5 Å². The molecule has 0 bridgehead atoms. The van der Waals surface area contributed by atoms with Gasteiger partial charge in [0.15, 0.2) is 0 Å². The van der Waals surface area contributed by atoms with Gasteiger partial charge in [-0.1, -0.05) is 29.8 Å². The van der Waals surface area contributed by atoms with Crippen LogP contribution in [0.4, 0.5) is 11.4 Å². The van der Waals surface area contributed by atoms with Gasteiger partial charge in [-0.2, -0.15) is 0 Å². The summed E-state index contributed by atoms with van der Waals surface area (Å²) in [4.78, 5) is 4.91. The second-order valence-corrected chi connectivity index (χ2v) is 7.86. The molecule has 2 heterocycles. The smallest absolute Gasteiger partial charge is 0.0366 e. The lowest BCUT2D eigenvalue weighted by Crippen LogP contribution is -2.22. The van der Waals surface area contributed by atoms with E-state index in [1.165, 1.54) is 74.4 Å². The molecular formula is C24H36N4. The van der Waals surface area contributed by atoms with E-state index in [4.69, 9.17) is 5.73 Å². The highest BCUT2D eigenvalue weighted by Crippen LogP contribution is 2.21. The van der Waals surface area contributed by atoms with E-state index in [1.807, 2.05) is 0 Å². The molecule has 2 aromatic rings. The fourth-order valence-electron chi connectivity index (χ4n) is 3.87. The Morgan fingerprint density at radius 3 is 1.68 bits per heavy atom. The van der Waals surface area contributed by atoms with E-state index in [0.29, 0.717) is 6.54 Å². The Morgan fingerprint density at radius 1 is 0.750 bits per heavy atom. The number of hydrogen-bond donors (Lipinski definition) is 2. The molecule has 2 aliphatic rings. The van der Waals surface area contributed by atoms with Crippen LogP contribution in [0.25, 0.3) is 0 Å². The van der Waals surface area contributed by atoms with Gasteiger partial charge in [0.2, 0.25) is 0 Å². The Balaban J connectivity index is 0.000000167. The number of hydrogen-bond acceptors (Lipinski definition) is 4. The summed E-state index contributed by atoms with van der Waals surface area (Å²) in [5.41, 5.74) is 10.9. The average Bonchev–Trinajstić information content (AvgIpc) is 3.44. The lowest BCUT2D eigenvalue weighted by Gasteiger charge is -2.17. The van der Waals surface area contributed by atoms with Gasteiger partial charge in [0.1, 0.15) is 0 Å². The second kappa shape index (κ2) is 11.1. The Labute approximate surface area is 170 Å². The minimum Gasteiger partial charge on any atom is -0.372 e. The predicted molar refractivity (Wildman–Crippen MR) is 121 cm³/mol. The maximum atomic E-state index is 5.43. The molecule has 4 rings (SSSR count). The van der Waals surface area contributed by atoms with Crippen molar-refractivity contribution in [1.82, 2.24) is 5.32 Å². The molecule has 2 fully saturated rings. The number of nitrogens with zero attached hydrogens (tertiary/aromatic N) is 2. The molecular weight excluding hydrogens is 344 g/mol. The first-order valence-electron chi connectivity index (χ1n) is 10.8. The van der Waals surface area contributed by atoms with Crippen LogP contribution in [0.5, 0.6) is 0 Å². The molecule has 0 amide bonds. The van der Waals surface area contributed by atoms with Gasteiger partial charge in [-0.15, -0.1) is 0 Å². The molecule has 2 aromatic carbocycles. The number of nitrogens with one attached hydrogen (secondary N) is 1. The lowest BCUT2D eigenvalue weighted by atomic mass is 10.2. The molecule has 2 aliphatic heterocycles. The van der Waals surface area contributed by atoms with Crippen LogP contribution in [0.15, 0.2) is 48.5 Å². The van der Waals surface area contributed by atoms with Crippen molar-refractivity contribution < 1.29 is 0 Å². The number of anilines is 2. The van der Waals surface area contributed by atoms with E-state index in [9.17, 15) is 0 Å². The maximum Gasteiger partial charge on any atom is 0.0366 e. The first-order chi connectivity index (χ1) is 13.8. The molecule has 0 saturated carbocycles. The fraction of sp³-hybridized carbons (Fsp3) is 0.500. The summed E-state index contributed by atoms with van der Waals surface area (Å²) >= 11 is 0. The van der Waals surface area contributed by atoms with Crippen LogP contribution in [-0.2, 0) is 6.54 Å². The van der Waals surface area contributed by atoms with Crippen LogP contribution in [0.3, 0.4) is 0 Å². The van der Waals surface area contributed by atoms with Crippen LogP contribution in [0.2, 0.25) is 0 Å². The molecule has 0 spiro atoms. The third kappa shape index (κ3) is 6.25. The number of rotatable bonds is 6. The van der Waals surface area contributed by atoms with Gasteiger partial charge in [0.25, 0.3) is 0 Å². The van der Waals surface area contributed by atoms with Crippen molar-refractivity contribution in [3.05, 3.63) is 59.7 Å². The molecule has 0 unspecified atom stereocenters. The quantitative estimate of drug-likeness (QED) is 0.746. The largest absolute Gasteiger partial charge is 0.372 e. The normalized spacial score (nSPS) is 16.2. The van der Waals surface area contributed by atoms with Crippen molar-refractivity contribution in [2.75, 3.05) is 49.1 Å². The summed E-state index contributed by atoms with van der Waals surface area (Å²) in [6.45, 7) is 9.53. The summed E-state index contributed by atoms with van der Waals surface area (Å²) in [7, 11) is 0. The van der Waals surface area contributed by atoms with Crippen molar-refractivity contribution in [2.45, 2.75) is 39.2 Å². The van der Waals surface area contributed by atoms with E-state index >= 15 is 0 Å². The lowest BCUT2D eigenvalue weighted by molar-refractivity contribution is 0.695. The first kappa shape index (κ1) is 20.7. The van der Waals surface area contributed by atoms with E-state index in [-0.39, 0.29) is 0 Å². The average molecular weight is 381 g/mol. The molecule has 152 valence electrons. The summed E-state index contributed by atoms with van der Waals surface area (Å²) in [5.74, 6) is 0. The van der Waals surface area contributed by atoms with Gasteiger partial charge in [-0.3, -0.25) is 0 Å². The summed E-state index contributed by atoms with van der Waals surface area (Å²) in [6, 6.07) is 17.7. The van der Waals surface area contributed by atoms with Crippen LogP contribution in [0, 0.1) is 6.92 Å². The van der Waals surface area contributed by atoms with Crippen LogP contribution < -0.4 is 20.9 Å². The van der Waals surface area contributed by atoms with E-state index in [0.717, 1.165) is 13.1 Å². The van der Waals surface area contributed by atoms with Crippen molar-refractivity contribution in [3.8, 4) is 0 Å². The molecule has 0 radical (unpaired) electrons. The summed E-state index contributed by atoms with van der Waals surface area (Å²) in [5, 5.41) is 3.30. The highest BCUT2D eigenvalue weighted by atomic mass is 15.1. The first-order valence-corrected chi connectivity index (χ1v) is 10.8. The molecule has 0 atom stereocenters. The molecule has 28 heavy (non-hydrogen) atoms. The number of nitrogens with two attached hydrogens (primary N) is 1. The highest BCUT2D eigenvalue weighted by Gasteiger charge is 2.12. The van der Waals surface area contributed by atoms with Crippen molar-refractivity contribution in [1.29, 1.82) is 0 Å². The number of benzene rings is 2. The van der Waals surface area contributed by atoms with Gasteiger partial charge in [0, 0.05) is 57.2 Å². The maximum absolute atomic E-state index is 5.43. The Morgan fingerprint density at radius 2 is 1.21 bits per heavy atom. The Kier molecular flexibility index (Phi) is 8.19. The minimum atomic E-state index is 0.700. The summed E-state index contributed by atoms with van der Waals surface area (Å²) in [6.07, 6.45) is 5.38. The standard InChI is InChI=1S/C13H21N3.C11H15N/c14-7-8-15-11-12-3-5-13(6-4-12)16-9-1-2-10-16;1-10-4-6-11(7-5-10)12-8-2-3-9-12/h3-6,15H,1-2,7-11,14H2;4-7H,2-3,8-9H2,1H3. The predicted octanol–water partition coefficient (Wildman–Crippen LogP) is 3.93. The van der Waals surface area contributed by atoms with Crippen LogP contribution in [0.1, 0.15) is 36.8 Å². The minimum absolute atomic E-state index is 0.700. The fourth-order valence-corrected chi connectivity index (χ4v) is 3.87. The molecule has 0 aromatic heterocycles. The van der Waals surface area contributed by atoms with Gasteiger partial charge in [-0.05, 0) is 62.4 Å². The summed E-state index contributed by atoms with van der Waals surface area (Å²) < 4.78 is 0. The van der Waals surface area contributed by atoms with Crippen molar-refractivity contribution in [3.63, 3.8) is 0 Å². The van der Waals surface area contributed by atoms with E-state index in [1.54, 1.807) is 0 Å². The monoisotopic (exact) mass is 380 g/mol. The van der Waals surface area contributed by atoms with Gasteiger partial charge in [0.05, 0.1) is 0 Å². The van der Waals surface area contributed by atoms with Crippen LogP contribution in [-0.4, -0.2) is 39.3 Å². The van der Waals surface area contributed by atoms with Crippen molar-refractivity contribution >= 4 is 11.4 Å². The van der Waals surface area contributed by atoms with Gasteiger partial charge >= 0.3 is 0 Å². The van der Waals surface area contributed by atoms with Crippen LogP contribution >= 0.6 is 0 Å². The highest BCUT2D eigenvalue weighted by molar-refractivity contribution is 5.49. The zero-order valence-electron chi connectivity index (χ0n) is 17.4. The van der Waals surface area contributed by atoms with Crippen molar-refractivity contribution in [2.24, 2.45) is 5.73 Å². The zero-order valence-corrected chi connectivity index (χ0v) is 17.4. The van der Waals surface area contributed by atoms with Gasteiger partial charge in [-0.25, -0.2) is 0 Å². The molecule has 3 N–H and O–H groups in total. The van der Waals surface area contributed by atoms with Gasteiger partial charge < -0.3 is 20.9 Å². The van der Waals surface area contributed by atoms with E-state index < -0.39 is 0 Å². The third-order valence-corrected chi connectivity index (χ3v) is 5.56. The number of aryl methyl sites for hydroxylation is 1.